The smallest absolute Gasteiger partial charge is 0.123 e. The van der Waals surface area contributed by atoms with Gasteiger partial charge in [-0.2, -0.15) is 0 Å². The number of ether oxygens (including phenoxy) is 2. The van der Waals surface area contributed by atoms with Crippen molar-refractivity contribution in [1.82, 2.24) is 9.80 Å². The predicted octanol–water partition coefficient (Wildman–Crippen LogP) is 2.44. The first kappa shape index (κ1) is 25.1. The third kappa shape index (κ3) is 8.52. The van der Waals surface area contributed by atoms with Gasteiger partial charge in [-0.1, -0.05) is 38.5 Å². The molecule has 1 fully saturated rings. The molecule has 1 heterocycles. The van der Waals surface area contributed by atoms with E-state index < -0.39 is 12.2 Å². The molecular formula is C24H42N2O4. The molecule has 30 heavy (non-hydrogen) atoms. The third-order valence-electron chi connectivity index (χ3n) is 5.40. The lowest BCUT2D eigenvalue weighted by atomic mass is 9.85. The Bertz CT molecular complexity index is 637. The molecule has 6 heteroatoms. The van der Waals surface area contributed by atoms with Gasteiger partial charge in [-0.25, -0.2) is 0 Å². The van der Waals surface area contributed by atoms with Crippen molar-refractivity contribution in [1.29, 1.82) is 0 Å². The van der Waals surface area contributed by atoms with Gasteiger partial charge in [0, 0.05) is 39.3 Å². The summed E-state index contributed by atoms with van der Waals surface area (Å²) in [6, 6.07) is 6.23. The van der Waals surface area contributed by atoms with Gasteiger partial charge in [0.1, 0.15) is 18.5 Å². The largest absolute Gasteiger partial charge is 0.491 e. The van der Waals surface area contributed by atoms with Crippen LogP contribution < -0.4 is 4.74 Å². The van der Waals surface area contributed by atoms with Gasteiger partial charge in [-0.3, -0.25) is 9.80 Å². The minimum atomic E-state index is -0.532. The van der Waals surface area contributed by atoms with E-state index in [1.807, 2.05) is 19.9 Å². The summed E-state index contributed by atoms with van der Waals surface area (Å²) >= 11 is 0. The number of benzene rings is 1. The highest BCUT2D eigenvalue weighted by atomic mass is 16.5. The summed E-state index contributed by atoms with van der Waals surface area (Å²) in [5.74, 6) is 0.856. The molecular weight excluding hydrogens is 380 g/mol. The molecule has 2 rings (SSSR count). The van der Waals surface area contributed by atoms with Gasteiger partial charge in [0.05, 0.1) is 18.8 Å². The summed E-state index contributed by atoms with van der Waals surface area (Å²) in [6.45, 7) is 18.0. The molecule has 2 N–H and O–H groups in total. The maximum Gasteiger partial charge on any atom is 0.123 e. The standard InChI is InChI=1S/C24H42N2O4/c1-18(2)29-16-20(27)14-25-9-11-26(12-10-25)15-21(28)17-30-23-8-7-19(3)13-22(23)24(4,5)6/h7-8,13,18,20-21,27-28H,9-12,14-17H2,1-6H3/t20-,21-/m0/s1. The molecule has 2 atom stereocenters. The van der Waals surface area contributed by atoms with E-state index in [1.165, 1.54) is 11.1 Å². The molecule has 0 saturated carbocycles. The van der Waals surface area contributed by atoms with Crippen LogP contribution in [0.4, 0.5) is 0 Å². The highest BCUT2D eigenvalue weighted by Crippen LogP contribution is 2.32. The Morgan fingerprint density at radius 2 is 1.47 bits per heavy atom. The summed E-state index contributed by atoms with van der Waals surface area (Å²) in [7, 11) is 0. The Hall–Kier alpha value is -1.18. The molecule has 0 bridgehead atoms. The summed E-state index contributed by atoms with van der Waals surface area (Å²) in [6.07, 6.45) is -0.847. The molecule has 1 saturated heterocycles. The Morgan fingerprint density at radius 1 is 0.933 bits per heavy atom. The van der Waals surface area contributed by atoms with Crippen LogP contribution in [0.25, 0.3) is 0 Å². The van der Waals surface area contributed by atoms with Crippen LogP contribution in [0.1, 0.15) is 45.7 Å². The van der Waals surface area contributed by atoms with Crippen LogP contribution in [0.5, 0.6) is 5.75 Å². The van der Waals surface area contributed by atoms with Crippen molar-refractivity contribution in [2.24, 2.45) is 0 Å². The quantitative estimate of drug-likeness (QED) is 0.604. The summed E-state index contributed by atoms with van der Waals surface area (Å²) in [4.78, 5) is 4.52. The summed E-state index contributed by atoms with van der Waals surface area (Å²) < 4.78 is 11.5. The van der Waals surface area contributed by atoms with Crippen molar-refractivity contribution >= 4 is 0 Å². The van der Waals surface area contributed by atoms with Crippen molar-refractivity contribution < 1.29 is 19.7 Å². The molecule has 6 nitrogen and oxygen atoms in total. The number of nitrogens with zero attached hydrogens (tertiary/aromatic N) is 2. The predicted molar refractivity (Wildman–Crippen MR) is 121 cm³/mol. The van der Waals surface area contributed by atoms with Crippen LogP contribution in [-0.4, -0.2) is 90.8 Å². The van der Waals surface area contributed by atoms with Gasteiger partial charge < -0.3 is 19.7 Å². The van der Waals surface area contributed by atoms with Crippen molar-refractivity contribution in [3.63, 3.8) is 0 Å². The molecule has 1 aromatic rings. The fourth-order valence-electron chi connectivity index (χ4n) is 3.70. The maximum absolute atomic E-state index is 10.5. The van der Waals surface area contributed by atoms with Gasteiger partial charge >= 0.3 is 0 Å². The van der Waals surface area contributed by atoms with Gasteiger partial charge in [0.15, 0.2) is 0 Å². The molecule has 0 aliphatic carbocycles. The van der Waals surface area contributed by atoms with Crippen molar-refractivity contribution in [3.8, 4) is 5.75 Å². The zero-order valence-corrected chi connectivity index (χ0v) is 19.7. The van der Waals surface area contributed by atoms with Crippen molar-refractivity contribution in [2.75, 3.05) is 52.5 Å². The first-order chi connectivity index (χ1) is 14.0. The van der Waals surface area contributed by atoms with Crippen molar-refractivity contribution in [2.45, 2.75) is 65.3 Å². The van der Waals surface area contributed by atoms with Gasteiger partial charge in [-0.05, 0) is 37.8 Å². The number of hydrogen-bond donors (Lipinski definition) is 2. The molecule has 1 aromatic carbocycles. The number of aliphatic hydroxyl groups is 2. The highest BCUT2D eigenvalue weighted by Gasteiger charge is 2.23. The number of aryl methyl sites for hydroxylation is 1. The number of β-amino-alcohol motifs (C(OH)–C–C–N with tert-alkyl or cyclic N) is 2. The van der Waals surface area contributed by atoms with Gasteiger partial charge in [0.25, 0.3) is 0 Å². The van der Waals surface area contributed by atoms with E-state index in [1.54, 1.807) is 0 Å². The number of hydrogen-bond acceptors (Lipinski definition) is 6. The molecule has 0 spiro atoms. The second-order valence-electron chi connectivity index (χ2n) is 9.85. The van der Waals surface area contributed by atoms with E-state index in [4.69, 9.17) is 9.47 Å². The minimum Gasteiger partial charge on any atom is -0.491 e. The Morgan fingerprint density at radius 3 is 1.97 bits per heavy atom. The van der Waals surface area contributed by atoms with Crippen LogP contribution in [0.3, 0.4) is 0 Å². The van der Waals surface area contributed by atoms with E-state index in [2.05, 4.69) is 49.6 Å². The molecule has 0 aromatic heterocycles. The van der Waals surface area contributed by atoms with Gasteiger partial charge in [-0.15, -0.1) is 0 Å². The van der Waals surface area contributed by atoms with Crippen LogP contribution >= 0.6 is 0 Å². The zero-order chi connectivity index (χ0) is 22.3. The average Bonchev–Trinajstić information content (AvgIpc) is 2.66. The minimum absolute atomic E-state index is 0.00654. The lowest BCUT2D eigenvalue weighted by Crippen LogP contribution is -2.51. The molecule has 0 unspecified atom stereocenters. The second kappa shape index (κ2) is 11.4. The summed E-state index contributed by atoms with van der Waals surface area (Å²) in [5.41, 5.74) is 2.38. The third-order valence-corrected chi connectivity index (χ3v) is 5.40. The Balaban J connectivity index is 1.74. The number of rotatable bonds is 10. The topological polar surface area (TPSA) is 65.4 Å². The fraction of sp³-hybridized carbons (Fsp3) is 0.750. The molecule has 0 radical (unpaired) electrons. The van der Waals surface area contributed by atoms with Crippen molar-refractivity contribution in [3.05, 3.63) is 29.3 Å². The highest BCUT2D eigenvalue weighted by molar-refractivity contribution is 5.41. The Kier molecular flexibility index (Phi) is 9.57. The normalized spacial score (nSPS) is 18.6. The van der Waals surface area contributed by atoms with E-state index >= 15 is 0 Å². The molecule has 172 valence electrons. The van der Waals surface area contributed by atoms with E-state index in [0.29, 0.717) is 19.7 Å². The van der Waals surface area contributed by atoms with Crippen LogP contribution in [0, 0.1) is 6.92 Å². The maximum atomic E-state index is 10.5. The first-order valence-electron chi connectivity index (χ1n) is 11.2. The zero-order valence-electron chi connectivity index (χ0n) is 19.7. The molecule has 0 amide bonds. The second-order valence-corrected chi connectivity index (χ2v) is 9.85. The summed E-state index contributed by atoms with van der Waals surface area (Å²) in [5, 5.41) is 20.6. The molecule has 1 aliphatic rings. The van der Waals surface area contributed by atoms with Crippen LogP contribution in [0.15, 0.2) is 18.2 Å². The average molecular weight is 423 g/mol. The number of aliphatic hydroxyl groups excluding tert-OH is 2. The SMILES string of the molecule is Cc1ccc(OC[C@@H](O)CN2CCN(C[C@H](O)COC(C)C)CC2)c(C(C)(C)C)c1. The van der Waals surface area contributed by atoms with E-state index in [0.717, 1.165) is 31.9 Å². The number of piperazine rings is 1. The lowest BCUT2D eigenvalue weighted by molar-refractivity contribution is -0.0176. The monoisotopic (exact) mass is 422 g/mol. The molecule has 1 aliphatic heterocycles. The van der Waals surface area contributed by atoms with Gasteiger partial charge in [0.2, 0.25) is 0 Å². The van der Waals surface area contributed by atoms with Crippen LogP contribution in [0.2, 0.25) is 0 Å². The van der Waals surface area contributed by atoms with E-state index in [9.17, 15) is 10.2 Å². The Labute approximate surface area is 182 Å². The first-order valence-corrected chi connectivity index (χ1v) is 11.2. The lowest BCUT2D eigenvalue weighted by Gasteiger charge is -2.36. The van der Waals surface area contributed by atoms with Crippen LogP contribution in [-0.2, 0) is 10.2 Å². The fourth-order valence-corrected chi connectivity index (χ4v) is 3.70. The van der Waals surface area contributed by atoms with E-state index in [-0.39, 0.29) is 18.1 Å².